The average Bonchev–Trinajstić information content (AvgIpc) is 2.60. The molecule has 1 unspecified atom stereocenters. The molecule has 4 aliphatic rings. The molecule has 1 aromatic rings. The van der Waals surface area contributed by atoms with E-state index in [1.54, 1.807) is 13.2 Å². The summed E-state index contributed by atoms with van der Waals surface area (Å²) in [7, 11) is 1.62. The van der Waals surface area contributed by atoms with E-state index in [9.17, 15) is 4.79 Å². The number of amides is 1. The lowest BCUT2D eigenvalue weighted by Gasteiger charge is -2.59. The minimum absolute atomic E-state index is 0.00292. The van der Waals surface area contributed by atoms with Crippen LogP contribution in [0.1, 0.15) is 62.7 Å². The van der Waals surface area contributed by atoms with Gasteiger partial charge in [0.05, 0.1) is 13.7 Å². The first-order valence-corrected chi connectivity index (χ1v) is 10.1. The lowest BCUT2D eigenvalue weighted by molar-refractivity contribution is -0.0688. The molecule has 5 rings (SSSR count). The molecule has 0 radical (unpaired) electrons. The smallest absolute Gasteiger partial charge is 0.251 e. The maximum Gasteiger partial charge on any atom is 0.251 e. The molecule has 4 nitrogen and oxygen atoms in total. The standard InChI is InChI=1S/C22H31NO3/c1-4-26-20-10-18(5-6-19(20)25-3)21(24)23-14(2)22-11-15-7-16(12-22)9-17(8-15)13-22/h5-6,10,14-17H,4,7-9,11-13H2,1-3H3,(H,23,24). The van der Waals surface area contributed by atoms with Gasteiger partial charge in [0.1, 0.15) is 0 Å². The van der Waals surface area contributed by atoms with Crippen molar-refractivity contribution < 1.29 is 14.3 Å². The Labute approximate surface area is 156 Å². The molecule has 0 heterocycles. The molecule has 4 fully saturated rings. The number of ether oxygens (including phenoxy) is 2. The zero-order valence-electron chi connectivity index (χ0n) is 16.2. The summed E-state index contributed by atoms with van der Waals surface area (Å²) in [6, 6.07) is 5.66. The number of hydrogen-bond donors (Lipinski definition) is 1. The van der Waals surface area contributed by atoms with Crippen molar-refractivity contribution in [2.45, 2.75) is 58.4 Å². The lowest BCUT2D eigenvalue weighted by atomic mass is 9.48. The van der Waals surface area contributed by atoms with Crippen LogP contribution in [0.25, 0.3) is 0 Å². The quantitative estimate of drug-likeness (QED) is 0.819. The fourth-order valence-corrected chi connectivity index (χ4v) is 6.23. The van der Waals surface area contributed by atoms with Crippen molar-refractivity contribution in [2.75, 3.05) is 13.7 Å². The molecule has 0 aliphatic heterocycles. The molecular weight excluding hydrogens is 326 g/mol. The third-order valence-corrected chi connectivity index (χ3v) is 7.08. The Morgan fingerprint density at radius 1 is 1.15 bits per heavy atom. The molecule has 0 spiro atoms. The monoisotopic (exact) mass is 357 g/mol. The van der Waals surface area contributed by atoms with E-state index in [0.717, 1.165) is 17.8 Å². The first-order valence-electron chi connectivity index (χ1n) is 10.1. The summed E-state index contributed by atoms with van der Waals surface area (Å²) in [5, 5.41) is 3.32. The van der Waals surface area contributed by atoms with Crippen LogP contribution in [0.5, 0.6) is 11.5 Å². The normalized spacial score (nSPS) is 33.0. The number of nitrogens with one attached hydrogen (secondary N) is 1. The van der Waals surface area contributed by atoms with E-state index in [-0.39, 0.29) is 11.9 Å². The van der Waals surface area contributed by atoms with E-state index < -0.39 is 0 Å². The summed E-state index contributed by atoms with van der Waals surface area (Å²) in [5.41, 5.74) is 0.963. The van der Waals surface area contributed by atoms with Crippen LogP contribution in [0.15, 0.2) is 18.2 Å². The molecule has 1 aromatic carbocycles. The molecule has 4 bridgehead atoms. The second-order valence-corrected chi connectivity index (χ2v) is 8.77. The van der Waals surface area contributed by atoms with Gasteiger partial charge in [-0.05, 0) is 93.7 Å². The van der Waals surface area contributed by atoms with E-state index in [0.29, 0.717) is 29.1 Å². The number of methoxy groups -OCH3 is 1. The van der Waals surface area contributed by atoms with Crippen LogP contribution < -0.4 is 14.8 Å². The van der Waals surface area contributed by atoms with E-state index in [1.807, 2.05) is 19.1 Å². The molecule has 26 heavy (non-hydrogen) atoms. The van der Waals surface area contributed by atoms with Crippen LogP contribution in [-0.4, -0.2) is 25.7 Å². The van der Waals surface area contributed by atoms with Gasteiger partial charge in [-0.15, -0.1) is 0 Å². The Bertz CT molecular complexity index is 649. The number of carbonyl (C=O) groups excluding carboxylic acids is 1. The maximum atomic E-state index is 12.9. The summed E-state index contributed by atoms with van der Waals surface area (Å²) in [5.74, 6) is 3.97. The van der Waals surface area contributed by atoms with Crippen LogP contribution in [0.2, 0.25) is 0 Å². The Hall–Kier alpha value is -1.71. The van der Waals surface area contributed by atoms with Crippen LogP contribution >= 0.6 is 0 Å². The third-order valence-electron chi connectivity index (χ3n) is 7.08. The van der Waals surface area contributed by atoms with E-state index in [1.165, 1.54) is 38.5 Å². The van der Waals surface area contributed by atoms with Crippen molar-refractivity contribution in [1.82, 2.24) is 5.32 Å². The Morgan fingerprint density at radius 2 is 1.77 bits per heavy atom. The molecule has 4 aliphatic carbocycles. The van der Waals surface area contributed by atoms with Gasteiger partial charge in [0.15, 0.2) is 11.5 Å². The Kier molecular flexibility index (Phi) is 4.62. The molecule has 4 saturated carbocycles. The van der Waals surface area contributed by atoms with Gasteiger partial charge in [0.25, 0.3) is 5.91 Å². The number of rotatable bonds is 6. The zero-order chi connectivity index (χ0) is 18.3. The lowest BCUT2D eigenvalue weighted by Crippen LogP contribution is -2.55. The summed E-state index contributed by atoms with van der Waals surface area (Å²) in [4.78, 5) is 12.9. The van der Waals surface area contributed by atoms with Gasteiger partial charge in [-0.2, -0.15) is 0 Å². The van der Waals surface area contributed by atoms with Crippen LogP contribution in [0, 0.1) is 23.2 Å². The Balaban J connectivity index is 1.49. The number of carbonyl (C=O) groups is 1. The largest absolute Gasteiger partial charge is 0.493 e. The zero-order valence-corrected chi connectivity index (χ0v) is 16.2. The molecule has 1 amide bonds. The fourth-order valence-electron chi connectivity index (χ4n) is 6.23. The first-order chi connectivity index (χ1) is 12.5. The Morgan fingerprint density at radius 3 is 2.31 bits per heavy atom. The predicted molar refractivity (Wildman–Crippen MR) is 102 cm³/mol. The van der Waals surface area contributed by atoms with Crippen molar-refractivity contribution in [1.29, 1.82) is 0 Å². The first kappa shape index (κ1) is 17.7. The summed E-state index contributed by atoms with van der Waals surface area (Å²) in [6.07, 6.45) is 8.18. The van der Waals surface area contributed by atoms with Crippen molar-refractivity contribution >= 4 is 5.91 Å². The van der Waals surface area contributed by atoms with Crippen LogP contribution in [0.4, 0.5) is 0 Å². The summed E-state index contributed by atoms with van der Waals surface area (Å²) >= 11 is 0. The molecule has 4 heteroatoms. The highest BCUT2D eigenvalue weighted by atomic mass is 16.5. The highest BCUT2D eigenvalue weighted by Crippen LogP contribution is 2.61. The fraction of sp³-hybridized carbons (Fsp3) is 0.682. The van der Waals surface area contributed by atoms with Gasteiger partial charge >= 0.3 is 0 Å². The van der Waals surface area contributed by atoms with Crippen LogP contribution in [0.3, 0.4) is 0 Å². The predicted octanol–water partition coefficient (Wildman–Crippen LogP) is 4.43. The highest BCUT2D eigenvalue weighted by molar-refractivity contribution is 5.95. The highest BCUT2D eigenvalue weighted by Gasteiger charge is 2.53. The van der Waals surface area contributed by atoms with E-state index in [2.05, 4.69) is 12.2 Å². The van der Waals surface area contributed by atoms with Gasteiger partial charge in [0.2, 0.25) is 0 Å². The van der Waals surface area contributed by atoms with Crippen molar-refractivity contribution in [2.24, 2.45) is 23.2 Å². The molecule has 0 saturated heterocycles. The number of benzene rings is 1. The average molecular weight is 357 g/mol. The van der Waals surface area contributed by atoms with Gasteiger partial charge in [-0.3, -0.25) is 4.79 Å². The number of hydrogen-bond acceptors (Lipinski definition) is 3. The summed E-state index contributed by atoms with van der Waals surface area (Å²) < 4.78 is 10.9. The van der Waals surface area contributed by atoms with E-state index >= 15 is 0 Å². The van der Waals surface area contributed by atoms with Crippen molar-refractivity contribution in [3.05, 3.63) is 23.8 Å². The van der Waals surface area contributed by atoms with Gasteiger partial charge < -0.3 is 14.8 Å². The molecule has 1 atom stereocenters. The second kappa shape index (κ2) is 6.79. The summed E-state index contributed by atoms with van der Waals surface area (Å²) in [6.45, 7) is 4.70. The minimum Gasteiger partial charge on any atom is -0.493 e. The third kappa shape index (κ3) is 3.08. The maximum absolute atomic E-state index is 12.9. The van der Waals surface area contributed by atoms with Gasteiger partial charge in [0, 0.05) is 11.6 Å². The van der Waals surface area contributed by atoms with Crippen molar-refractivity contribution in [3.63, 3.8) is 0 Å². The van der Waals surface area contributed by atoms with Crippen molar-refractivity contribution in [3.8, 4) is 11.5 Å². The molecular formula is C22H31NO3. The van der Waals surface area contributed by atoms with E-state index in [4.69, 9.17) is 9.47 Å². The molecule has 1 N–H and O–H groups in total. The van der Waals surface area contributed by atoms with Gasteiger partial charge in [-0.25, -0.2) is 0 Å². The van der Waals surface area contributed by atoms with Crippen LogP contribution in [-0.2, 0) is 0 Å². The molecule has 142 valence electrons. The van der Waals surface area contributed by atoms with Gasteiger partial charge in [-0.1, -0.05) is 0 Å². The topological polar surface area (TPSA) is 47.6 Å². The minimum atomic E-state index is -0.00292. The SMILES string of the molecule is CCOc1cc(C(=O)NC(C)C23CC4CC(CC(C4)C2)C3)ccc1OC. The molecule has 0 aromatic heterocycles. The second-order valence-electron chi connectivity index (χ2n) is 8.77.